The second kappa shape index (κ2) is 11.4. The van der Waals surface area contributed by atoms with Gasteiger partial charge in [-0.2, -0.15) is 0 Å². The van der Waals surface area contributed by atoms with E-state index in [1.165, 1.54) is 9.13 Å². The van der Waals surface area contributed by atoms with Gasteiger partial charge in [-0.25, -0.2) is 15.0 Å². The zero-order valence-corrected chi connectivity index (χ0v) is 25.7. The van der Waals surface area contributed by atoms with Crippen molar-refractivity contribution in [1.29, 1.82) is 0 Å². The molecule has 5 heteroatoms. The molecular weight excluding hydrogens is 611 g/mol. The van der Waals surface area contributed by atoms with Crippen LogP contribution in [0, 0.1) is 0 Å². The summed E-state index contributed by atoms with van der Waals surface area (Å²) in [7, 11) is 0. The van der Waals surface area contributed by atoms with Gasteiger partial charge in [-0.1, -0.05) is 127 Å². The van der Waals surface area contributed by atoms with E-state index in [-0.39, 0.29) is 83.6 Å². The van der Waals surface area contributed by atoms with E-state index in [9.17, 15) is 0 Å². The lowest BCUT2D eigenvalue weighted by Crippen LogP contribution is -2.05. The summed E-state index contributed by atoms with van der Waals surface area (Å²) in [4.78, 5) is 14.8. The Bertz CT molecular complexity index is 3420. The van der Waals surface area contributed by atoms with E-state index in [1.807, 2.05) is 0 Å². The number of para-hydroxylation sites is 6. The first-order valence-corrected chi connectivity index (χ1v) is 15.5. The molecule has 0 bridgehead atoms. The minimum absolute atomic E-state index is 0.00647. The molecular formula is C45H29N5. The predicted molar refractivity (Wildman–Crippen MR) is 205 cm³/mol. The van der Waals surface area contributed by atoms with Gasteiger partial charge in [-0.3, -0.25) is 0 Å². The van der Waals surface area contributed by atoms with E-state index < -0.39 is 96.7 Å². The second-order valence-electron chi connectivity index (χ2n) is 11.3. The van der Waals surface area contributed by atoms with Crippen LogP contribution in [0.3, 0.4) is 0 Å². The Kier molecular flexibility index (Phi) is 3.76. The lowest BCUT2D eigenvalue weighted by Gasteiger charge is -2.16. The van der Waals surface area contributed by atoms with Crippen molar-refractivity contribution in [3.8, 4) is 45.5 Å². The van der Waals surface area contributed by atoms with E-state index in [0.717, 1.165) is 0 Å². The quantitative estimate of drug-likeness (QED) is 0.185. The van der Waals surface area contributed by atoms with Gasteiger partial charge >= 0.3 is 0 Å². The smallest absolute Gasteiger partial charge is 0.166 e. The highest BCUT2D eigenvalue weighted by atomic mass is 15.1. The molecule has 234 valence electrons. The van der Waals surface area contributed by atoms with Gasteiger partial charge < -0.3 is 9.13 Å². The van der Waals surface area contributed by atoms with Gasteiger partial charge in [0.2, 0.25) is 0 Å². The zero-order chi connectivity index (χ0) is 46.9. The molecule has 0 unspecified atom stereocenters. The average molecular weight is 656 g/mol. The Morgan fingerprint density at radius 1 is 0.360 bits per heavy atom. The van der Waals surface area contributed by atoms with E-state index in [1.54, 1.807) is 78.9 Å². The minimum atomic E-state index is -0.588. The molecule has 0 spiro atoms. The molecule has 0 N–H and O–H groups in total. The molecule has 0 radical (unpaired) electrons. The molecule has 3 aromatic heterocycles. The van der Waals surface area contributed by atoms with Crippen molar-refractivity contribution in [2.45, 2.75) is 0 Å². The SMILES string of the molecule is [2H]c1c([2H])c([2H])c2c(c1[2H])c1c([2H])c([2H])c([2H])c([2H])c1n2-c1ccccc1-c1nc(-c2ccccc2)nc(-c2ccccc2-n2c3c([2H])c([2H])c([2H])c([2H])c3c3c([2H])c([2H])c([2H])c([2H])c32)n1. The Labute approximate surface area is 310 Å². The third-order valence-corrected chi connectivity index (χ3v) is 8.50. The third-order valence-electron chi connectivity index (χ3n) is 8.50. The molecule has 50 heavy (non-hydrogen) atoms. The summed E-state index contributed by atoms with van der Waals surface area (Å²) in [6, 6.07) is 13.4. The van der Waals surface area contributed by atoms with Crippen LogP contribution in [0.2, 0.25) is 0 Å². The fraction of sp³-hybridized carbons (Fsp3) is 0. The van der Waals surface area contributed by atoms with Gasteiger partial charge in [0, 0.05) is 38.2 Å². The molecule has 0 amide bonds. The van der Waals surface area contributed by atoms with Crippen LogP contribution in [0.4, 0.5) is 0 Å². The van der Waals surface area contributed by atoms with Crippen LogP contribution in [-0.4, -0.2) is 24.1 Å². The first-order valence-electron chi connectivity index (χ1n) is 23.5. The van der Waals surface area contributed by atoms with Crippen molar-refractivity contribution in [2.24, 2.45) is 0 Å². The van der Waals surface area contributed by atoms with Crippen LogP contribution in [0.5, 0.6) is 0 Å². The number of aromatic nitrogens is 5. The molecule has 10 rings (SSSR count). The summed E-state index contributed by atoms with van der Waals surface area (Å²) in [5, 5.41) is -0.462. The monoisotopic (exact) mass is 655 g/mol. The van der Waals surface area contributed by atoms with Gasteiger partial charge in [0.15, 0.2) is 17.5 Å². The number of nitrogens with zero attached hydrogens (tertiary/aromatic N) is 5. The minimum Gasteiger partial charge on any atom is -0.309 e. The summed E-state index contributed by atoms with van der Waals surface area (Å²) in [6.07, 6.45) is 0. The van der Waals surface area contributed by atoms with E-state index in [0.29, 0.717) is 5.56 Å². The molecule has 5 nitrogen and oxygen atoms in total. The molecule has 0 saturated heterocycles. The van der Waals surface area contributed by atoms with E-state index in [4.69, 9.17) is 36.9 Å². The van der Waals surface area contributed by atoms with Crippen LogP contribution >= 0.6 is 0 Å². The number of hydrogen-bond donors (Lipinski definition) is 0. The standard InChI is InChI=1S/C45H29N5/c1-2-16-30(17-3-1)43-46-44(35-22-8-14-28-41(35)49-37-24-10-4-18-31(37)32-19-5-11-25-38(32)49)48-45(47-43)36-23-9-15-29-42(36)50-39-26-12-6-20-33(39)34-21-7-13-27-40(34)50/h1-29H/i4D,5D,6D,7D,10D,11D,12D,13D,18D,19D,20D,21D,24D,25D,26D,27D. The van der Waals surface area contributed by atoms with Crippen molar-refractivity contribution in [3.05, 3.63) is 176 Å². The fourth-order valence-electron chi connectivity index (χ4n) is 6.37. The first kappa shape index (κ1) is 16.5. The fourth-order valence-corrected chi connectivity index (χ4v) is 6.37. The number of hydrogen-bond acceptors (Lipinski definition) is 3. The normalized spacial score (nSPS) is 16.1. The molecule has 7 aromatic carbocycles. The summed E-state index contributed by atoms with van der Waals surface area (Å²) < 4.78 is 144. The van der Waals surface area contributed by atoms with Crippen molar-refractivity contribution in [3.63, 3.8) is 0 Å². The Hall–Kier alpha value is -6.85. The van der Waals surface area contributed by atoms with Crippen LogP contribution in [0.25, 0.3) is 89.2 Å². The number of benzene rings is 7. The predicted octanol–water partition coefficient (Wildman–Crippen LogP) is 11.1. The summed E-state index contributed by atoms with van der Waals surface area (Å²) in [5.74, 6) is 0.163. The molecule has 0 aliphatic heterocycles. The highest BCUT2D eigenvalue weighted by Gasteiger charge is 2.21. The lowest BCUT2D eigenvalue weighted by molar-refractivity contribution is 1.06. The van der Waals surface area contributed by atoms with Crippen LogP contribution in [0.15, 0.2) is 176 Å². The maximum Gasteiger partial charge on any atom is 0.166 e. The van der Waals surface area contributed by atoms with Gasteiger partial charge in [-0.05, 0) is 48.4 Å². The Balaban J connectivity index is 1.33. The summed E-state index contributed by atoms with van der Waals surface area (Å²) in [5.41, 5.74) is 0.954. The number of fused-ring (bicyclic) bond motifs is 6. The van der Waals surface area contributed by atoms with Crippen LogP contribution in [0.1, 0.15) is 21.9 Å². The molecule has 0 atom stereocenters. The van der Waals surface area contributed by atoms with Crippen molar-refractivity contribution < 1.29 is 21.9 Å². The highest BCUT2D eigenvalue weighted by molar-refractivity contribution is 6.10. The van der Waals surface area contributed by atoms with E-state index >= 15 is 0 Å². The second-order valence-corrected chi connectivity index (χ2v) is 11.3. The Morgan fingerprint density at radius 2 is 0.700 bits per heavy atom. The largest absolute Gasteiger partial charge is 0.309 e. The maximum atomic E-state index is 9.11. The van der Waals surface area contributed by atoms with Gasteiger partial charge in [0.05, 0.1) is 55.4 Å². The molecule has 0 saturated carbocycles. The molecule has 0 aliphatic rings. The van der Waals surface area contributed by atoms with Crippen molar-refractivity contribution >= 4 is 43.6 Å². The summed E-state index contributed by atoms with van der Waals surface area (Å²) >= 11 is 0. The lowest BCUT2D eigenvalue weighted by atomic mass is 10.1. The maximum absolute atomic E-state index is 9.11. The van der Waals surface area contributed by atoms with Gasteiger partial charge in [0.25, 0.3) is 0 Å². The third kappa shape index (κ3) is 4.37. The molecule has 3 heterocycles. The molecule has 10 aromatic rings. The van der Waals surface area contributed by atoms with Crippen molar-refractivity contribution in [1.82, 2.24) is 24.1 Å². The first-order chi connectivity index (χ1) is 31.5. The number of rotatable bonds is 5. The van der Waals surface area contributed by atoms with E-state index in [2.05, 4.69) is 0 Å². The summed E-state index contributed by atoms with van der Waals surface area (Å²) in [6.45, 7) is 0. The topological polar surface area (TPSA) is 48.5 Å². The molecule has 0 aliphatic carbocycles. The average Bonchev–Trinajstić information content (AvgIpc) is 3.89. The molecule has 0 fully saturated rings. The van der Waals surface area contributed by atoms with Crippen LogP contribution in [-0.2, 0) is 0 Å². The highest BCUT2D eigenvalue weighted by Crippen LogP contribution is 2.38. The zero-order valence-electron chi connectivity index (χ0n) is 41.7. The van der Waals surface area contributed by atoms with Gasteiger partial charge in [-0.15, -0.1) is 0 Å². The van der Waals surface area contributed by atoms with Crippen molar-refractivity contribution in [2.75, 3.05) is 0 Å². The van der Waals surface area contributed by atoms with Gasteiger partial charge in [0.1, 0.15) is 0 Å². The van der Waals surface area contributed by atoms with Crippen LogP contribution < -0.4 is 0 Å². The Morgan fingerprint density at radius 3 is 1.12 bits per heavy atom.